The van der Waals surface area contributed by atoms with Crippen LogP contribution in [-0.4, -0.2) is 19.2 Å². The van der Waals surface area contributed by atoms with Crippen molar-refractivity contribution in [3.05, 3.63) is 77.6 Å². The van der Waals surface area contributed by atoms with Crippen LogP contribution in [0.4, 0.5) is 0 Å². The third-order valence-corrected chi connectivity index (χ3v) is 8.51. The van der Waals surface area contributed by atoms with Gasteiger partial charge < -0.3 is 14.2 Å². The van der Waals surface area contributed by atoms with Crippen LogP contribution in [0.15, 0.2) is 60.9 Å². The summed E-state index contributed by atoms with van der Waals surface area (Å²) < 4.78 is 16.9. The molecule has 3 aliphatic carbocycles. The van der Waals surface area contributed by atoms with E-state index in [1.165, 1.54) is 55.6 Å². The highest BCUT2D eigenvalue weighted by atomic mass is 16.5. The Morgan fingerprint density at radius 1 is 1.09 bits per heavy atom. The number of carbonyl (C=O) groups excluding carboxylic acids is 1. The molecular formula is C29H34O4. The Hall–Kier alpha value is -2.75. The van der Waals surface area contributed by atoms with Gasteiger partial charge in [0, 0.05) is 5.41 Å². The quantitative estimate of drug-likeness (QED) is 0.301. The van der Waals surface area contributed by atoms with E-state index < -0.39 is 0 Å². The molecule has 2 fully saturated rings. The van der Waals surface area contributed by atoms with Gasteiger partial charge >= 0.3 is 5.97 Å². The summed E-state index contributed by atoms with van der Waals surface area (Å²) in [6.07, 6.45) is 10.1. The zero-order chi connectivity index (χ0) is 22.8. The van der Waals surface area contributed by atoms with Crippen LogP contribution in [0.1, 0.15) is 61.6 Å². The molecule has 0 amide bonds. The maximum atomic E-state index is 11.4. The van der Waals surface area contributed by atoms with E-state index in [-0.39, 0.29) is 17.5 Å². The molecule has 0 N–H and O–H groups in total. The maximum absolute atomic E-state index is 11.4. The molecule has 2 aromatic carbocycles. The number of methoxy groups -OCH3 is 1. The van der Waals surface area contributed by atoms with Gasteiger partial charge in [-0.2, -0.15) is 0 Å². The third kappa shape index (κ3) is 4.28. The van der Waals surface area contributed by atoms with Crippen LogP contribution in [0.25, 0.3) is 0 Å². The van der Waals surface area contributed by atoms with Crippen molar-refractivity contribution < 1.29 is 19.0 Å². The van der Waals surface area contributed by atoms with Gasteiger partial charge in [-0.3, -0.25) is 0 Å². The lowest BCUT2D eigenvalue weighted by Gasteiger charge is -2.50. The van der Waals surface area contributed by atoms with Crippen molar-refractivity contribution in [2.24, 2.45) is 17.3 Å². The average Bonchev–Trinajstić information content (AvgIpc) is 3.19. The molecule has 33 heavy (non-hydrogen) atoms. The van der Waals surface area contributed by atoms with Crippen LogP contribution >= 0.6 is 0 Å². The highest BCUT2D eigenvalue weighted by molar-refractivity contribution is 5.81. The molecule has 0 unspecified atom stereocenters. The van der Waals surface area contributed by atoms with E-state index in [9.17, 15) is 4.79 Å². The van der Waals surface area contributed by atoms with Crippen LogP contribution in [0.5, 0.6) is 5.75 Å². The molecule has 0 radical (unpaired) electrons. The number of benzene rings is 2. The Kier molecular flexibility index (Phi) is 6.18. The normalized spacial score (nSPS) is 30.2. The molecule has 4 heteroatoms. The minimum atomic E-state index is -0.366. The number of aryl methyl sites for hydroxylation is 1. The van der Waals surface area contributed by atoms with Gasteiger partial charge in [0.05, 0.1) is 19.4 Å². The summed E-state index contributed by atoms with van der Waals surface area (Å²) >= 11 is 0. The summed E-state index contributed by atoms with van der Waals surface area (Å²) in [5, 5.41) is 0. The van der Waals surface area contributed by atoms with E-state index in [1.54, 1.807) is 6.26 Å². The van der Waals surface area contributed by atoms with Crippen LogP contribution in [0.2, 0.25) is 0 Å². The van der Waals surface area contributed by atoms with E-state index >= 15 is 0 Å². The number of carbonyl (C=O) groups is 1. The minimum absolute atomic E-state index is 0.178. The molecule has 2 aromatic rings. The highest BCUT2D eigenvalue weighted by Crippen LogP contribution is 2.61. The Labute approximate surface area is 196 Å². The van der Waals surface area contributed by atoms with Crippen molar-refractivity contribution >= 4 is 5.97 Å². The fraction of sp³-hybridized carbons (Fsp3) is 0.483. The second-order valence-corrected chi connectivity index (χ2v) is 10.1. The number of rotatable bonds is 6. The molecule has 174 valence electrons. The first kappa shape index (κ1) is 22.1. The molecule has 0 aromatic heterocycles. The number of esters is 1. The van der Waals surface area contributed by atoms with Crippen LogP contribution < -0.4 is 4.74 Å². The van der Waals surface area contributed by atoms with Gasteiger partial charge in [0.25, 0.3) is 0 Å². The monoisotopic (exact) mass is 446 g/mol. The summed E-state index contributed by atoms with van der Waals surface area (Å²) in [7, 11) is 1.39. The van der Waals surface area contributed by atoms with Crippen LogP contribution in [-0.2, 0) is 27.3 Å². The van der Waals surface area contributed by atoms with Crippen molar-refractivity contribution in [3.8, 4) is 5.75 Å². The molecule has 0 saturated heterocycles. The standard InChI is InChI=1S/C29H34O4/c1-29-16-14-24-23-11-9-22(33-19-20-6-4-3-5-7-20)18-21(23)8-10-25(24)26(29)12-13-27(29)32-17-15-28(30)31-2/h3-7,9,11,15,17-18,24-27H,8,10,12-14,16,19H2,1-2H3/b17-15+/t24-,25-,26+,27+,29+/m1/s1. The highest BCUT2D eigenvalue weighted by Gasteiger charge is 2.55. The first-order chi connectivity index (χ1) is 16.1. The second-order valence-electron chi connectivity index (χ2n) is 10.1. The van der Waals surface area contributed by atoms with E-state index in [0.717, 1.165) is 18.6 Å². The Morgan fingerprint density at radius 3 is 2.76 bits per heavy atom. The van der Waals surface area contributed by atoms with Crippen LogP contribution in [0.3, 0.4) is 0 Å². The molecule has 4 nitrogen and oxygen atoms in total. The van der Waals surface area contributed by atoms with Gasteiger partial charge in [-0.15, -0.1) is 0 Å². The lowest BCUT2D eigenvalue weighted by Crippen LogP contribution is -2.44. The zero-order valence-corrected chi connectivity index (χ0v) is 19.7. The molecule has 0 bridgehead atoms. The molecular weight excluding hydrogens is 412 g/mol. The smallest absolute Gasteiger partial charge is 0.333 e. The summed E-state index contributed by atoms with van der Waals surface area (Å²) in [6.45, 7) is 3.02. The largest absolute Gasteiger partial charge is 0.497 e. The first-order valence-corrected chi connectivity index (χ1v) is 12.3. The number of fused-ring (bicyclic) bond motifs is 5. The van der Waals surface area contributed by atoms with Gasteiger partial charge in [0.1, 0.15) is 18.5 Å². The van der Waals surface area contributed by atoms with Crippen molar-refractivity contribution in [3.63, 3.8) is 0 Å². The first-order valence-electron chi connectivity index (χ1n) is 12.3. The Bertz CT molecular complexity index is 1010. The van der Waals surface area contributed by atoms with Gasteiger partial charge in [0.15, 0.2) is 0 Å². The Morgan fingerprint density at radius 2 is 1.94 bits per heavy atom. The molecule has 3 aliphatic rings. The summed E-state index contributed by atoms with van der Waals surface area (Å²) in [5.74, 6) is 2.64. The van der Waals surface area contributed by atoms with Gasteiger partial charge in [-0.1, -0.05) is 43.3 Å². The average molecular weight is 447 g/mol. The molecule has 5 atom stereocenters. The van der Waals surface area contributed by atoms with E-state index in [4.69, 9.17) is 9.47 Å². The minimum Gasteiger partial charge on any atom is -0.497 e. The van der Waals surface area contributed by atoms with Crippen molar-refractivity contribution in [2.45, 2.75) is 64.1 Å². The fourth-order valence-corrected chi connectivity index (χ4v) is 6.82. The number of ether oxygens (including phenoxy) is 3. The SMILES string of the molecule is COC(=O)/C=C/O[C@H]1CC[C@H]2[C@@H]3CCc4cc(OCc5ccccc5)ccc4[C@H]3CC[C@]12C. The zero-order valence-electron chi connectivity index (χ0n) is 19.7. The summed E-state index contributed by atoms with van der Waals surface area (Å²) in [5.41, 5.74) is 4.38. The van der Waals surface area contributed by atoms with Gasteiger partial charge in [-0.05, 0) is 85.1 Å². The molecule has 0 aliphatic heterocycles. The van der Waals surface area contributed by atoms with Crippen LogP contribution in [0, 0.1) is 17.3 Å². The van der Waals surface area contributed by atoms with Gasteiger partial charge in [-0.25, -0.2) is 4.79 Å². The third-order valence-electron chi connectivity index (χ3n) is 8.51. The van der Waals surface area contributed by atoms with Crippen molar-refractivity contribution in [1.29, 1.82) is 0 Å². The predicted molar refractivity (Wildman–Crippen MR) is 128 cm³/mol. The predicted octanol–water partition coefficient (Wildman–Crippen LogP) is 6.19. The van der Waals surface area contributed by atoms with E-state index in [1.807, 2.05) is 6.07 Å². The summed E-state index contributed by atoms with van der Waals surface area (Å²) in [4.78, 5) is 11.4. The summed E-state index contributed by atoms with van der Waals surface area (Å²) in [6, 6.07) is 17.1. The number of hydrogen-bond donors (Lipinski definition) is 0. The van der Waals surface area contributed by atoms with E-state index in [0.29, 0.717) is 24.4 Å². The Balaban J connectivity index is 1.27. The fourth-order valence-electron chi connectivity index (χ4n) is 6.82. The lowest BCUT2D eigenvalue weighted by molar-refractivity contribution is -0.135. The number of hydrogen-bond acceptors (Lipinski definition) is 4. The van der Waals surface area contributed by atoms with Gasteiger partial charge in [0.2, 0.25) is 0 Å². The topological polar surface area (TPSA) is 44.8 Å². The van der Waals surface area contributed by atoms with Crippen molar-refractivity contribution in [2.75, 3.05) is 7.11 Å². The lowest BCUT2D eigenvalue weighted by atomic mass is 9.55. The maximum Gasteiger partial charge on any atom is 0.333 e. The molecule has 0 spiro atoms. The van der Waals surface area contributed by atoms with Crippen molar-refractivity contribution in [1.82, 2.24) is 0 Å². The van der Waals surface area contributed by atoms with E-state index in [2.05, 4.69) is 54.1 Å². The molecule has 0 heterocycles. The second kappa shape index (κ2) is 9.24. The molecule has 5 rings (SSSR count). The molecule has 2 saturated carbocycles.